The van der Waals surface area contributed by atoms with Crippen LogP contribution in [0.25, 0.3) is 0 Å². The first-order valence-electron chi connectivity index (χ1n) is 8.09. The minimum atomic E-state index is -0.116. The van der Waals surface area contributed by atoms with Gasteiger partial charge in [0, 0.05) is 39.3 Å². The number of hydrogen-bond acceptors (Lipinski definition) is 4. The average Bonchev–Trinajstić information content (AvgIpc) is 3.11. The summed E-state index contributed by atoms with van der Waals surface area (Å²) in [7, 11) is 0. The highest BCUT2D eigenvalue weighted by molar-refractivity contribution is 6.05. The fraction of sp³-hybridized carbons (Fsp3) is 0.529. The second kappa shape index (κ2) is 5.48. The monoisotopic (exact) mass is 299 g/mol. The summed E-state index contributed by atoms with van der Waals surface area (Å²) in [6, 6.07) is 8.52. The second-order valence-corrected chi connectivity index (χ2v) is 6.49. The van der Waals surface area contributed by atoms with Gasteiger partial charge in [-0.25, -0.2) is 0 Å². The molecular formula is C17H21N3O2. The van der Waals surface area contributed by atoms with Crippen molar-refractivity contribution in [1.29, 1.82) is 0 Å². The topological polar surface area (TPSA) is 52.7 Å². The number of benzene rings is 1. The lowest BCUT2D eigenvalue weighted by Gasteiger charge is -2.30. The van der Waals surface area contributed by atoms with Gasteiger partial charge in [0.2, 0.25) is 11.8 Å². The minimum Gasteiger partial charge on any atom is -0.315 e. The molecule has 2 saturated heterocycles. The summed E-state index contributed by atoms with van der Waals surface area (Å²) >= 11 is 0. The number of imide groups is 1. The molecule has 0 aromatic heterocycles. The zero-order valence-electron chi connectivity index (χ0n) is 12.6. The van der Waals surface area contributed by atoms with Gasteiger partial charge < -0.3 is 5.32 Å². The van der Waals surface area contributed by atoms with Gasteiger partial charge in [-0.2, -0.15) is 0 Å². The maximum atomic E-state index is 12.3. The lowest BCUT2D eigenvalue weighted by Crippen LogP contribution is -2.42. The third kappa shape index (κ3) is 2.25. The molecule has 0 saturated carbocycles. The van der Waals surface area contributed by atoms with E-state index in [1.54, 1.807) is 0 Å². The Morgan fingerprint density at radius 2 is 1.68 bits per heavy atom. The Labute approximate surface area is 130 Å². The van der Waals surface area contributed by atoms with Crippen molar-refractivity contribution >= 4 is 11.8 Å². The van der Waals surface area contributed by atoms with Gasteiger partial charge in [-0.05, 0) is 17.5 Å². The zero-order chi connectivity index (χ0) is 15.1. The van der Waals surface area contributed by atoms with Crippen LogP contribution in [-0.4, -0.2) is 54.3 Å². The molecule has 2 atom stereocenters. The largest absolute Gasteiger partial charge is 0.315 e. The summed E-state index contributed by atoms with van der Waals surface area (Å²) in [5, 5.41) is 3.14. The van der Waals surface area contributed by atoms with E-state index in [0.29, 0.717) is 19.6 Å². The molecule has 116 valence electrons. The van der Waals surface area contributed by atoms with E-state index in [2.05, 4.69) is 34.5 Å². The highest BCUT2D eigenvalue weighted by Crippen LogP contribution is 2.29. The van der Waals surface area contributed by atoms with Crippen LogP contribution < -0.4 is 5.32 Å². The maximum absolute atomic E-state index is 12.3. The molecule has 5 heteroatoms. The summed E-state index contributed by atoms with van der Waals surface area (Å²) in [5.41, 5.74) is 2.79. The first kappa shape index (κ1) is 13.9. The van der Waals surface area contributed by atoms with Crippen molar-refractivity contribution in [2.24, 2.45) is 11.8 Å². The Bertz CT molecular complexity index is 594. The van der Waals surface area contributed by atoms with Crippen molar-refractivity contribution in [3.05, 3.63) is 35.4 Å². The number of amides is 2. The van der Waals surface area contributed by atoms with Crippen molar-refractivity contribution in [2.45, 2.75) is 13.0 Å². The molecule has 1 aromatic rings. The molecule has 0 bridgehead atoms. The van der Waals surface area contributed by atoms with Gasteiger partial charge in [0.15, 0.2) is 0 Å². The molecule has 0 radical (unpaired) electrons. The normalized spacial score (nSPS) is 28.1. The van der Waals surface area contributed by atoms with E-state index in [1.807, 2.05) is 0 Å². The van der Waals surface area contributed by atoms with Gasteiger partial charge in [-0.3, -0.25) is 19.4 Å². The molecule has 2 fully saturated rings. The number of rotatable bonds is 3. The molecule has 0 aliphatic carbocycles. The van der Waals surface area contributed by atoms with Gasteiger partial charge in [0.1, 0.15) is 0 Å². The Morgan fingerprint density at radius 1 is 1.00 bits per heavy atom. The highest BCUT2D eigenvalue weighted by Gasteiger charge is 2.49. The molecule has 1 N–H and O–H groups in total. The van der Waals surface area contributed by atoms with Crippen LogP contribution in [0.5, 0.6) is 0 Å². The van der Waals surface area contributed by atoms with Crippen LogP contribution in [0.2, 0.25) is 0 Å². The third-order valence-electron chi connectivity index (χ3n) is 5.23. The summed E-state index contributed by atoms with van der Waals surface area (Å²) < 4.78 is 0. The molecule has 3 aliphatic heterocycles. The molecule has 1 aromatic carbocycles. The molecule has 3 heterocycles. The van der Waals surface area contributed by atoms with E-state index in [-0.39, 0.29) is 23.7 Å². The quantitative estimate of drug-likeness (QED) is 0.813. The fourth-order valence-electron chi connectivity index (χ4n) is 3.91. The van der Waals surface area contributed by atoms with E-state index < -0.39 is 0 Å². The van der Waals surface area contributed by atoms with Crippen LogP contribution in [-0.2, 0) is 22.6 Å². The van der Waals surface area contributed by atoms with Gasteiger partial charge >= 0.3 is 0 Å². The van der Waals surface area contributed by atoms with E-state index in [1.165, 1.54) is 16.0 Å². The lowest BCUT2D eigenvalue weighted by atomic mass is 10.00. The Hall–Kier alpha value is -1.72. The molecule has 0 unspecified atom stereocenters. The van der Waals surface area contributed by atoms with E-state index in [9.17, 15) is 9.59 Å². The SMILES string of the molecule is O=C1[C@H]2CNC[C@H]2C(=O)N1CCN1CCc2ccccc2C1. The number of nitrogens with zero attached hydrogens (tertiary/aromatic N) is 2. The van der Waals surface area contributed by atoms with Crippen LogP contribution in [0.4, 0.5) is 0 Å². The van der Waals surface area contributed by atoms with Crippen molar-refractivity contribution in [2.75, 3.05) is 32.7 Å². The number of hydrogen-bond donors (Lipinski definition) is 1. The predicted octanol–water partition coefficient (Wildman–Crippen LogP) is 0.249. The number of likely N-dealkylation sites (tertiary alicyclic amines) is 1. The molecular weight excluding hydrogens is 278 g/mol. The van der Waals surface area contributed by atoms with Crippen LogP contribution in [0, 0.1) is 11.8 Å². The summed E-state index contributed by atoms with van der Waals surface area (Å²) in [6.07, 6.45) is 1.05. The van der Waals surface area contributed by atoms with E-state index >= 15 is 0 Å². The fourth-order valence-corrected chi connectivity index (χ4v) is 3.91. The number of carbonyl (C=O) groups excluding carboxylic acids is 2. The molecule has 2 amide bonds. The molecule has 4 rings (SSSR count). The lowest BCUT2D eigenvalue weighted by molar-refractivity contribution is -0.140. The average molecular weight is 299 g/mol. The molecule has 22 heavy (non-hydrogen) atoms. The Morgan fingerprint density at radius 3 is 2.41 bits per heavy atom. The van der Waals surface area contributed by atoms with Crippen LogP contribution >= 0.6 is 0 Å². The van der Waals surface area contributed by atoms with Gasteiger partial charge in [-0.15, -0.1) is 0 Å². The van der Waals surface area contributed by atoms with Crippen molar-refractivity contribution in [3.8, 4) is 0 Å². The van der Waals surface area contributed by atoms with Crippen LogP contribution in [0.3, 0.4) is 0 Å². The van der Waals surface area contributed by atoms with Crippen molar-refractivity contribution in [3.63, 3.8) is 0 Å². The summed E-state index contributed by atoms with van der Waals surface area (Å²) in [5.74, 6) is -0.181. The first-order chi connectivity index (χ1) is 10.7. The number of fused-ring (bicyclic) bond motifs is 2. The predicted molar refractivity (Wildman–Crippen MR) is 82.0 cm³/mol. The Balaban J connectivity index is 1.38. The third-order valence-corrected chi connectivity index (χ3v) is 5.23. The smallest absolute Gasteiger partial charge is 0.234 e. The highest BCUT2D eigenvalue weighted by atomic mass is 16.2. The van der Waals surface area contributed by atoms with Gasteiger partial charge in [0.05, 0.1) is 11.8 Å². The summed E-state index contributed by atoms with van der Waals surface area (Å²) in [6.45, 7) is 4.54. The maximum Gasteiger partial charge on any atom is 0.234 e. The number of carbonyl (C=O) groups is 2. The van der Waals surface area contributed by atoms with Crippen molar-refractivity contribution in [1.82, 2.24) is 15.1 Å². The van der Waals surface area contributed by atoms with Crippen LogP contribution in [0.15, 0.2) is 24.3 Å². The Kier molecular flexibility index (Phi) is 3.47. The first-order valence-corrected chi connectivity index (χ1v) is 8.09. The van der Waals surface area contributed by atoms with E-state index in [0.717, 1.165) is 26.1 Å². The molecule has 0 spiro atoms. The zero-order valence-corrected chi connectivity index (χ0v) is 12.6. The molecule has 5 nitrogen and oxygen atoms in total. The van der Waals surface area contributed by atoms with E-state index in [4.69, 9.17) is 0 Å². The van der Waals surface area contributed by atoms with Gasteiger partial charge in [0.25, 0.3) is 0 Å². The minimum absolute atomic E-state index is 0.0254. The second-order valence-electron chi connectivity index (χ2n) is 6.49. The van der Waals surface area contributed by atoms with Gasteiger partial charge in [-0.1, -0.05) is 24.3 Å². The summed E-state index contributed by atoms with van der Waals surface area (Å²) in [4.78, 5) is 28.5. The van der Waals surface area contributed by atoms with Crippen molar-refractivity contribution < 1.29 is 9.59 Å². The molecule has 3 aliphatic rings. The standard InChI is InChI=1S/C17H21N3O2/c21-16-14-9-18-10-15(14)17(22)20(16)8-7-19-6-5-12-3-1-2-4-13(12)11-19/h1-4,14-15,18H,5-11H2/t14-,15+. The number of nitrogens with one attached hydrogen (secondary N) is 1. The van der Waals surface area contributed by atoms with Crippen LogP contribution in [0.1, 0.15) is 11.1 Å².